The standard InChI is InChI=1S/C55H37NOS/c1-55(2)46-21-10-8-17-40(46)41-31-30-37(32-47(41)55)56(36-14-4-3-5-15-36)48-22-13-23-49-53(48)45-33-44(39-16-6-7-18-42(39)54(45)57-49)35-28-26-34(27-29-35)38-20-12-25-51-52(38)43-19-9-11-24-50(43)58-51/h3-33H,1-2H3. The van der Waals surface area contributed by atoms with E-state index < -0.39 is 0 Å². The fraction of sp³-hybridized carbons (Fsp3) is 0.0545. The van der Waals surface area contributed by atoms with Crippen molar-refractivity contribution < 1.29 is 4.42 Å². The molecule has 0 unspecified atom stereocenters. The first-order valence-corrected chi connectivity index (χ1v) is 20.8. The highest BCUT2D eigenvalue weighted by Gasteiger charge is 2.36. The highest BCUT2D eigenvalue weighted by atomic mass is 32.1. The fourth-order valence-electron chi connectivity index (χ4n) is 9.74. The molecule has 0 fully saturated rings. The Morgan fingerprint density at radius 1 is 0.431 bits per heavy atom. The molecule has 0 atom stereocenters. The molecule has 1 aliphatic carbocycles. The molecule has 58 heavy (non-hydrogen) atoms. The molecule has 0 spiro atoms. The van der Waals surface area contributed by atoms with E-state index in [1.54, 1.807) is 0 Å². The number of furan rings is 1. The zero-order valence-electron chi connectivity index (χ0n) is 32.2. The van der Waals surface area contributed by atoms with E-state index in [0.717, 1.165) is 44.4 Å². The summed E-state index contributed by atoms with van der Waals surface area (Å²) in [6, 6.07) is 68.7. The van der Waals surface area contributed by atoms with Gasteiger partial charge in [0, 0.05) is 47.7 Å². The minimum absolute atomic E-state index is 0.119. The fourth-order valence-corrected chi connectivity index (χ4v) is 10.9. The average molecular weight is 760 g/mol. The van der Waals surface area contributed by atoms with Crippen molar-refractivity contribution in [2.45, 2.75) is 19.3 Å². The third-order valence-corrected chi connectivity index (χ3v) is 13.6. The number of benzene rings is 9. The number of thiophene rings is 1. The van der Waals surface area contributed by atoms with Gasteiger partial charge in [0.05, 0.1) is 11.1 Å². The minimum atomic E-state index is -0.119. The van der Waals surface area contributed by atoms with E-state index in [1.165, 1.54) is 70.1 Å². The molecule has 2 heterocycles. The van der Waals surface area contributed by atoms with Crippen molar-refractivity contribution in [2.75, 3.05) is 4.90 Å². The molecule has 1 aliphatic rings. The summed E-state index contributed by atoms with van der Waals surface area (Å²) in [6.45, 7) is 4.70. The Morgan fingerprint density at radius 3 is 1.93 bits per heavy atom. The lowest BCUT2D eigenvalue weighted by atomic mass is 9.82. The van der Waals surface area contributed by atoms with E-state index >= 15 is 0 Å². The summed E-state index contributed by atoms with van der Waals surface area (Å²) in [5, 5.41) is 7.14. The van der Waals surface area contributed by atoms with E-state index in [-0.39, 0.29) is 5.41 Å². The molecule has 0 saturated carbocycles. The molecule has 0 bridgehead atoms. The van der Waals surface area contributed by atoms with Crippen LogP contribution in [-0.2, 0) is 5.41 Å². The van der Waals surface area contributed by atoms with E-state index in [4.69, 9.17) is 4.42 Å². The maximum Gasteiger partial charge on any atom is 0.143 e. The maximum atomic E-state index is 6.89. The smallest absolute Gasteiger partial charge is 0.143 e. The quantitative estimate of drug-likeness (QED) is 0.174. The van der Waals surface area contributed by atoms with Gasteiger partial charge in [-0.15, -0.1) is 11.3 Å². The molecule has 0 saturated heterocycles. The first-order chi connectivity index (χ1) is 28.5. The summed E-state index contributed by atoms with van der Waals surface area (Å²) in [5.41, 5.74) is 15.2. The van der Waals surface area contributed by atoms with E-state index in [9.17, 15) is 0 Å². The van der Waals surface area contributed by atoms with Gasteiger partial charge in [-0.2, -0.15) is 0 Å². The van der Waals surface area contributed by atoms with Crippen LogP contribution in [-0.4, -0.2) is 0 Å². The highest BCUT2D eigenvalue weighted by Crippen LogP contribution is 2.52. The molecule has 9 aromatic carbocycles. The molecule has 2 nitrogen and oxygen atoms in total. The van der Waals surface area contributed by atoms with Crippen molar-refractivity contribution >= 4 is 81.3 Å². The first kappa shape index (κ1) is 33.2. The van der Waals surface area contributed by atoms with Crippen LogP contribution >= 0.6 is 11.3 Å². The Kier molecular flexibility index (Phi) is 7.18. The Hall–Kier alpha value is -6.94. The van der Waals surface area contributed by atoms with Gasteiger partial charge in [0.2, 0.25) is 0 Å². The molecule has 12 rings (SSSR count). The molecule has 0 N–H and O–H groups in total. The van der Waals surface area contributed by atoms with Gasteiger partial charge in [-0.3, -0.25) is 0 Å². The van der Waals surface area contributed by atoms with Crippen molar-refractivity contribution in [1.29, 1.82) is 0 Å². The number of fused-ring (bicyclic) bond motifs is 11. The van der Waals surface area contributed by atoms with Crippen molar-refractivity contribution in [2.24, 2.45) is 0 Å². The second-order valence-electron chi connectivity index (χ2n) is 16.0. The maximum absolute atomic E-state index is 6.89. The third kappa shape index (κ3) is 4.84. The van der Waals surface area contributed by atoms with Gasteiger partial charge in [0.25, 0.3) is 0 Å². The molecule has 3 heteroatoms. The number of nitrogens with zero attached hydrogens (tertiary/aromatic N) is 1. The number of hydrogen-bond donors (Lipinski definition) is 0. The van der Waals surface area contributed by atoms with Crippen molar-refractivity contribution in [3.63, 3.8) is 0 Å². The van der Waals surface area contributed by atoms with Crippen LogP contribution in [0, 0.1) is 0 Å². The molecular formula is C55H37NOS. The summed E-state index contributed by atoms with van der Waals surface area (Å²) in [6.07, 6.45) is 0. The topological polar surface area (TPSA) is 16.4 Å². The summed E-state index contributed by atoms with van der Waals surface area (Å²) >= 11 is 1.86. The molecule has 0 amide bonds. The van der Waals surface area contributed by atoms with Gasteiger partial charge < -0.3 is 9.32 Å². The zero-order chi connectivity index (χ0) is 38.5. The second kappa shape index (κ2) is 12.5. The predicted octanol–water partition coefficient (Wildman–Crippen LogP) is 16.2. The molecule has 274 valence electrons. The largest absolute Gasteiger partial charge is 0.455 e. The monoisotopic (exact) mass is 759 g/mol. The molecular weight excluding hydrogens is 723 g/mol. The molecule has 0 aliphatic heterocycles. The van der Waals surface area contributed by atoms with Crippen LogP contribution in [0.4, 0.5) is 17.1 Å². The van der Waals surface area contributed by atoms with Crippen LogP contribution in [0.25, 0.3) is 86.3 Å². The number of hydrogen-bond acceptors (Lipinski definition) is 3. The third-order valence-electron chi connectivity index (χ3n) is 12.5. The molecule has 0 radical (unpaired) electrons. The number of para-hydroxylation sites is 1. The van der Waals surface area contributed by atoms with Crippen LogP contribution in [0.5, 0.6) is 0 Å². The summed E-state index contributed by atoms with van der Waals surface area (Å²) < 4.78 is 9.53. The summed E-state index contributed by atoms with van der Waals surface area (Å²) in [5.74, 6) is 0. The van der Waals surface area contributed by atoms with Gasteiger partial charge in [-0.1, -0.05) is 147 Å². The lowest BCUT2D eigenvalue weighted by molar-refractivity contribution is 0.660. The Morgan fingerprint density at radius 2 is 1.09 bits per heavy atom. The Balaban J connectivity index is 1.05. The van der Waals surface area contributed by atoms with Gasteiger partial charge in [0.15, 0.2) is 0 Å². The highest BCUT2D eigenvalue weighted by molar-refractivity contribution is 7.25. The van der Waals surface area contributed by atoms with Gasteiger partial charge in [-0.25, -0.2) is 0 Å². The van der Waals surface area contributed by atoms with E-state index in [0.29, 0.717) is 0 Å². The summed E-state index contributed by atoms with van der Waals surface area (Å²) in [7, 11) is 0. The first-order valence-electron chi connectivity index (χ1n) is 20.0. The van der Waals surface area contributed by atoms with E-state index in [1.807, 2.05) is 11.3 Å². The Labute approximate surface area is 340 Å². The zero-order valence-corrected chi connectivity index (χ0v) is 33.0. The predicted molar refractivity (Wildman–Crippen MR) is 247 cm³/mol. The van der Waals surface area contributed by atoms with E-state index in [2.05, 4.69) is 207 Å². The normalized spacial score (nSPS) is 13.1. The van der Waals surface area contributed by atoms with Crippen LogP contribution in [0.1, 0.15) is 25.0 Å². The van der Waals surface area contributed by atoms with Crippen molar-refractivity contribution in [3.8, 4) is 33.4 Å². The van der Waals surface area contributed by atoms with Crippen LogP contribution < -0.4 is 4.90 Å². The van der Waals surface area contributed by atoms with Gasteiger partial charge in [-0.05, 0) is 104 Å². The lowest BCUT2D eigenvalue weighted by Crippen LogP contribution is -2.16. The van der Waals surface area contributed by atoms with Crippen LogP contribution in [0.2, 0.25) is 0 Å². The van der Waals surface area contributed by atoms with Gasteiger partial charge >= 0.3 is 0 Å². The SMILES string of the molecule is CC1(C)c2ccccc2-c2ccc(N(c3ccccc3)c3cccc4oc5c6ccccc6c(-c6ccc(-c7cccc8sc9ccccc9c78)cc6)cc5c34)cc21. The Bertz CT molecular complexity index is 3420. The second-order valence-corrected chi connectivity index (χ2v) is 17.1. The van der Waals surface area contributed by atoms with Gasteiger partial charge in [0.1, 0.15) is 11.2 Å². The van der Waals surface area contributed by atoms with Crippen LogP contribution in [0.3, 0.4) is 0 Å². The molecule has 11 aromatic rings. The number of rotatable bonds is 5. The minimum Gasteiger partial charge on any atom is -0.455 e. The van der Waals surface area contributed by atoms with Crippen LogP contribution in [0.15, 0.2) is 192 Å². The average Bonchev–Trinajstić information content (AvgIpc) is 3.92. The number of anilines is 3. The van der Waals surface area contributed by atoms with Crippen molar-refractivity contribution in [3.05, 3.63) is 199 Å². The molecule has 2 aromatic heterocycles. The van der Waals surface area contributed by atoms with Crippen molar-refractivity contribution in [1.82, 2.24) is 0 Å². The lowest BCUT2D eigenvalue weighted by Gasteiger charge is -2.28. The summed E-state index contributed by atoms with van der Waals surface area (Å²) in [4.78, 5) is 2.41.